The largest absolute Gasteiger partial charge is 0.465 e. The third kappa shape index (κ3) is 4.98. The van der Waals surface area contributed by atoms with Gasteiger partial charge in [-0.15, -0.1) is 0 Å². The van der Waals surface area contributed by atoms with E-state index in [2.05, 4.69) is 37.2 Å². The van der Waals surface area contributed by atoms with Crippen LogP contribution in [0.15, 0.2) is 39.3 Å². The number of methoxy groups -OCH3 is 1. The quantitative estimate of drug-likeness (QED) is 0.285. The minimum atomic E-state index is -0.453. The van der Waals surface area contributed by atoms with E-state index in [0.29, 0.717) is 70.3 Å². The normalized spacial score (nSPS) is 21.2. The lowest BCUT2D eigenvalue weighted by molar-refractivity contribution is -0.134. The van der Waals surface area contributed by atoms with Gasteiger partial charge in [0.1, 0.15) is 0 Å². The van der Waals surface area contributed by atoms with Crippen molar-refractivity contribution in [2.75, 3.05) is 31.2 Å². The number of carbonyl (C=O) groups excluding carboxylic acids is 4. The number of ketones is 1. The Kier molecular flexibility index (Phi) is 7.01. The molecule has 0 aromatic heterocycles. The second-order valence-corrected chi connectivity index (χ2v) is 11.4. The summed E-state index contributed by atoms with van der Waals surface area (Å²) in [6, 6.07) is 8.34. The van der Waals surface area contributed by atoms with E-state index in [1.165, 1.54) is 7.11 Å². The topological polar surface area (TPSA) is 122 Å². The minimum absolute atomic E-state index is 0.00130. The van der Waals surface area contributed by atoms with Gasteiger partial charge in [-0.25, -0.2) is 9.59 Å². The molecule has 3 amide bonds. The summed E-state index contributed by atoms with van der Waals surface area (Å²) in [6.07, 6.45) is 1.88. The van der Waals surface area contributed by atoms with Crippen LogP contribution in [0.2, 0.25) is 0 Å². The third-order valence-electron chi connectivity index (χ3n) is 7.40. The zero-order valence-electron chi connectivity index (χ0n) is 20.1. The van der Waals surface area contributed by atoms with Crippen molar-refractivity contribution in [2.24, 2.45) is 11.8 Å². The summed E-state index contributed by atoms with van der Waals surface area (Å²) in [5, 5.41) is 2.88. The number of carbonyl (C=O) groups is 4. The van der Waals surface area contributed by atoms with E-state index in [1.807, 2.05) is 11.0 Å². The highest BCUT2D eigenvalue weighted by atomic mass is 79.9. The number of ether oxygens (including phenoxy) is 1. The molecule has 2 atom stereocenters. The fraction of sp³-hybridized carbons (Fsp3) is 0.385. The number of piperidine rings is 1. The molecule has 194 valence electrons. The smallest absolute Gasteiger partial charge is 0.337 e. The maximum absolute atomic E-state index is 13.1. The SMILES string of the molecule is COC(=O)c1ccc2c(c1)NC(=O)N(C1CCN(C(=O)[C@@H]3C[C@H]3C(=O)c3cc(Br)c(N)c(Br)c3)CC1)C2. The van der Waals surface area contributed by atoms with Gasteiger partial charge in [0, 0.05) is 57.7 Å². The van der Waals surface area contributed by atoms with Gasteiger partial charge >= 0.3 is 12.0 Å². The Labute approximate surface area is 230 Å². The van der Waals surface area contributed by atoms with E-state index in [1.54, 1.807) is 29.2 Å². The first-order valence-corrected chi connectivity index (χ1v) is 13.6. The van der Waals surface area contributed by atoms with Gasteiger partial charge in [-0.2, -0.15) is 0 Å². The Morgan fingerprint density at radius 2 is 1.70 bits per heavy atom. The molecule has 2 fully saturated rings. The highest BCUT2D eigenvalue weighted by Crippen LogP contribution is 2.44. The van der Waals surface area contributed by atoms with Crippen LogP contribution in [-0.4, -0.2) is 59.7 Å². The van der Waals surface area contributed by atoms with Crippen LogP contribution in [-0.2, 0) is 16.1 Å². The third-order valence-corrected chi connectivity index (χ3v) is 8.71. The highest BCUT2D eigenvalue weighted by Gasteiger charge is 2.50. The number of anilines is 2. The van der Waals surface area contributed by atoms with E-state index in [0.717, 1.165) is 5.56 Å². The fourth-order valence-corrected chi connectivity index (χ4v) is 6.33. The molecule has 37 heavy (non-hydrogen) atoms. The van der Waals surface area contributed by atoms with E-state index < -0.39 is 5.97 Å². The van der Waals surface area contributed by atoms with Crippen molar-refractivity contribution in [3.63, 3.8) is 0 Å². The molecule has 2 aromatic carbocycles. The molecule has 9 nitrogen and oxygen atoms in total. The number of likely N-dealkylation sites (tertiary alicyclic amines) is 1. The zero-order valence-corrected chi connectivity index (χ0v) is 23.3. The first kappa shape index (κ1) is 25.7. The Hall–Kier alpha value is -2.92. The van der Waals surface area contributed by atoms with Gasteiger partial charge in [-0.1, -0.05) is 6.07 Å². The van der Waals surface area contributed by atoms with Crippen LogP contribution in [0.25, 0.3) is 0 Å². The second-order valence-electron chi connectivity index (χ2n) is 9.64. The molecule has 5 rings (SSSR count). The number of hydrogen-bond acceptors (Lipinski definition) is 6. The van der Waals surface area contributed by atoms with Crippen LogP contribution in [0.1, 0.15) is 45.5 Å². The molecule has 1 saturated heterocycles. The molecule has 11 heteroatoms. The number of nitrogens with two attached hydrogens (primary N) is 1. The predicted octanol–water partition coefficient (Wildman–Crippen LogP) is 4.44. The molecule has 0 radical (unpaired) electrons. The maximum atomic E-state index is 13.1. The van der Waals surface area contributed by atoms with Crippen molar-refractivity contribution < 1.29 is 23.9 Å². The highest BCUT2D eigenvalue weighted by molar-refractivity contribution is 9.11. The summed E-state index contributed by atoms with van der Waals surface area (Å²) >= 11 is 6.74. The summed E-state index contributed by atoms with van der Waals surface area (Å²) in [4.78, 5) is 54.3. The number of hydrogen-bond donors (Lipinski definition) is 2. The lowest BCUT2D eigenvalue weighted by Crippen LogP contribution is -2.51. The molecule has 3 N–H and O–H groups in total. The number of amides is 3. The van der Waals surface area contributed by atoms with Crippen LogP contribution in [0, 0.1) is 11.8 Å². The van der Waals surface area contributed by atoms with Crippen LogP contribution in [0.3, 0.4) is 0 Å². The number of fused-ring (bicyclic) bond motifs is 1. The van der Waals surface area contributed by atoms with Crippen LogP contribution < -0.4 is 11.1 Å². The van der Waals surface area contributed by atoms with Crippen molar-refractivity contribution in [3.8, 4) is 0 Å². The maximum Gasteiger partial charge on any atom is 0.337 e. The summed E-state index contributed by atoms with van der Waals surface area (Å²) in [5.41, 5.74) is 8.90. The number of esters is 1. The molecular formula is C26H26Br2N4O5. The number of nitrogens with zero attached hydrogens (tertiary/aromatic N) is 2. The van der Waals surface area contributed by atoms with Gasteiger partial charge < -0.3 is 25.6 Å². The number of urea groups is 1. The average Bonchev–Trinajstić information content (AvgIpc) is 3.70. The van der Waals surface area contributed by atoms with Gasteiger partial charge in [0.2, 0.25) is 5.91 Å². The van der Waals surface area contributed by atoms with Crippen molar-refractivity contribution in [1.82, 2.24) is 9.80 Å². The first-order valence-electron chi connectivity index (χ1n) is 12.0. The number of Topliss-reactive ketones (excluding diaryl/α,β-unsaturated/α-hetero) is 1. The lowest BCUT2D eigenvalue weighted by Gasteiger charge is -2.40. The van der Waals surface area contributed by atoms with Gasteiger partial charge in [0.05, 0.1) is 18.4 Å². The summed E-state index contributed by atoms with van der Waals surface area (Å²) < 4.78 is 6.04. The predicted molar refractivity (Wildman–Crippen MR) is 144 cm³/mol. The summed E-state index contributed by atoms with van der Waals surface area (Å²) in [6.45, 7) is 1.52. The molecule has 1 saturated carbocycles. The lowest BCUT2D eigenvalue weighted by atomic mass is 9.99. The average molecular weight is 634 g/mol. The number of nitrogen functional groups attached to an aromatic ring is 1. The molecule has 1 aliphatic carbocycles. The van der Waals surface area contributed by atoms with Gasteiger partial charge in [-0.05, 0) is 81.0 Å². The standard InChI is InChI=1S/C26H26Br2N4O5/c1-37-25(35)13-2-3-14-12-32(26(36)30-21(14)10-13)16-4-6-31(7-5-16)24(34)18-11-17(18)23(33)15-8-19(27)22(29)20(28)9-15/h2-3,8-10,16-18H,4-7,11-12,29H2,1H3,(H,30,36)/t17-,18-/m1/s1. The van der Waals surface area contributed by atoms with Crippen LogP contribution >= 0.6 is 31.9 Å². The summed E-state index contributed by atoms with van der Waals surface area (Å²) in [5.74, 6) is -1.10. The van der Waals surface area contributed by atoms with Gasteiger partial charge in [-0.3, -0.25) is 9.59 Å². The van der Waals surface area contributed by atoms with Crippen LogP contribution in [0.4, 0.5) is 16.2 Å². The molecule has 0 spiro atoms. The van der Waals surface area contributed by atoms with E-state index in [9.17, 15) is 19.2 Å². The van der Waals surface area contributed by atoms with Crippen molar-refractivity contribution in [1.29, 1.82) is 0 Å². The first-order chi connectivity index (χ1) is 17.7. The van der Waals surface area contributed by atoms with Crippen molar-refractivity contribution >= 4 is 66.9 Å². The molecular weight excluding hydrogens is 608 g/mol. The zero-order chi connectivity index (χ0) is 26.4. The van der Waals surface area contributed by atoms with Crippen molar-refractivity contribution in [3.05, 3.63) is 56.0 Å². The molecule has 2 aromatic rings. The Balaban J connectivity index is 1.17. The minimum Gasteiger partial charge on any atom is -0.465 e. The molecule has 2 aliphatic heterocycles. The summed E-state index contributed by atoms with van der Waals surface area (Å²) in [7, 11) is 1.32. The number of halogens is 2. The van der Waals surface area contributed by atoms with Crippen molar-refractivity contribution in [2.45, 2.75) is 31.8 Å². The fourth-order valence-electron chi connectivity index (χ4n) is 5.14. The molecule has 3 aliphatic rings. The van der Waals surface area contributed by atoms with E-state index in [-0.39, 0.29) is 35.6 Å². The van der Waals surface area contributed by atoms with E-state index >= 15 is 0 Å². The second kappa shape index (κ2) is 10.1. The Bertz CT molecular complexity index is 1280. The molecule has 2 heterocycles. The molecule has 0 bridgehead atoms. The number of benzene rings is 2. The number of nitrogens with one attached hydrogen (secondary N) is 1. The Morgan fingerprint density at radius 1 is 1.03 bits per heavy atom. The van der Waals surface area contributed by atoms with Gasteiger partial charge in [0.25, 0.3) is 0 Å². The van der Waals surface area contributed by atoms with Gasteiger partial charge in [0.15, 0.2) is 5.78 Å². The Morgan fingerprint density at radius 3 is 2.35 bits per heavy atom. The number of rotatable bonds is 5. The molecule has 0 unspecified atom stereocenters. The monoisotopic (exact) mass is 632 g/mol. The van der Waals surface area contributed by atoms with E-state index in [4.69, 9.17) is 10.5 Å². The van der Waals surface area contributed by atoms with Crippen LogP contribution in [0.5, 0.6) is 0 Å².